The monoisotopic (exact) mass is 664 g/mol. The number of nitrogens with two attached hydrogens (primary N) is 1. The molecule has 1 saturated heterocycles. The first-order valence-electron chi connectivity index (χ1n) is 14.7. The lowest BCUT2D eigenvalue weighted by Gasteiger charge is -2.14. The Bertz CT molecular complexity index is 1960. The third-order valence-corrected chi connectivity index (χ3v) is 7.86. The number of aryl methyl sites for hydroxylation is 1. The molecule has 2 aromatic heterocycles. The fraction of sp³-hybridized carbons (Fsp3) is 0.265. The van der Waals surface area contributed by atoms with Crippen LogP contribution in [-0.4, -0.2) is 76.9 Å². The second-order valence-corrected chi connectivity index (χ2v) is 11.2. The maximum absolute atomic E-state index is 13.3. The molecule has 0 saturated carbocycles. The molecule has 1 aliphatic rings. The molecule has 14 heteroatoms. The Kier molecular flexibility index (Phi) is 9.74. The summed E-state index contributed by atoms with van der Waals surface area (Å²) in [6, 6.07) is 11.0. The maximum Gasteiger partial charge on any atom is 0.405 e. The Hall–Kier alpha value is -5.39. The number of β-amino-alcohol motifs (C(OH)–C–C–N with tert-alkyl or cyclic N) is 1. The number of halogens is 4. The Morgan fingerprint density at radius 1 is 1.19 bits per heavy atom. The van der Waals surface area contributed by atoms with Gasteiger partial charge >= 0.3 is 6.18 Å². The van der Waals surface area contributed by atoms with E-state index in [2.05, 4.69) is 28.7 Å². The molecule has 0 radical (unpaired) electrons. The van der Waals surface area contributed by atoms with Crippen LogP contribution in [0.5, 0.6) is 5.75 Å². The molecular weight excluding hydrogens is 632 g/mol. The van der Waals surface area contributed by atoms with Crippen molar-refractivity contribution >= 4 is 34.2 Å². The Morgan fingerprint density at radius 3 is 2.52 bits per heavy atom. The molecular formula is C34H32F4N6O4. The number of aliphatic hydroxyl groups excluding tert-OH is 1. The van der Waals surface area contributed by atoms with Crippen LogP contribution in [0.25, 0.3) is 33.3 Å². The zero-order chi connectivity index (χ0) is 34.7. The summed E-state index contributed by atoms with van der Waals surface area (Å²) in [5, 5.41) is 14.7. The van der Waals surface area contributed by atoms with Gasteiger partial charge in [-0.2, -0.15) is 13.2 Å². The van der Waals surface area contributed by atoms with Crippen molar-refractivity contribution in [2.75, 3.05) is 44.3 Å². The highest BCUT2D eigenvalue weighted by Crippen LogP contribution is 2.44. The van der Waals surface area contributed by atoms with Crippen LogP contribution in [0.15, 0.2) is 61.1 Å². The summed E-state index contributed by atoms with van der Waals surface area (Å²) in [7, 11) is 3.10. The van der Waals surface area contributed by atoms with Crippen LogP contribution in [0.1, 0.15) is 22.3 Å². The SMILES string of the molecule is C=C(F)C(=O)Nc1ccc(-c2c(-c3ccc(C(=O)NCC(F)(F)F)c(OC)c3)c3c(N)ncc(C#CCN4CC[C@H](O)C4)c3n2C)cc1. The second-order valence-electron chi connectivity index (χ2n) is 11.2. The minimum absolute atomic E-state index is 0.0231. The number of nitrogens with zero attached hydrogens (tertiary/aromatic N) is 3. The molecule has 250 valence electrons. The number of carbonyl (C=O) groups excluding carboxylic acids is 2. The number of likely N-dealkylation sites (tertiary alicyclic amines) is 1. The number of hydrogen-bond acceptors (Lipinski definition) is 7. The number of methoxy groups -OCH3 is 1. The third-order valence-electron chi connectivity index (χ3n) is 7.86. The van der Waals surface area contributed by atoms with Crippen LogP contribution in [0.2, 0.25) is 0 Å². The van der Waals surface area contributed by atoms with E-state index in [-0.39, 0.29) is 23.2 Å². The molecule has 2 amide bonds. The zero-order valence-electron chi connectivity index (χ0n) is 26.0. The number of rotatable bonds is 8. The number of amides is 2. The predicted molar refractivity (Wildman–Crippen MR) is 174 cm³/mol. The number of aromatic nitrogens is 2. The number of ether oxygens (including phenoxy) is 1. The lowest BCUT2D eigenvalue weighted by molar-refractivity contribution is -0.123. The first kappa shape index (κ1) is 34.0. The highest BCUT2D eigenvalue weighted by Gasteiger charge is 2.29. The normalized spacial score (nSPS) is 14.8. The minimum atomic E-state index is -4.60. The topological polar surface area (TPSA) is 135 Å². The van der Waals surface area contributed by atoms with Crippen molar-refractivity contribution in [1.82, 2.24) is 19.8 Å². The van der Waals surface area contributed by atoms with Crippen molar-refractivity contribution in [2.45, 2.75) is 18.7 Å². The largest absolute Gasteiger partial charge is 0.496 e. The van der Waals surface area contributed by atoms with Crippen LogP contribution in [0.4, 0.5) is 29.1 Å². The van der Waals surface area contributed by atoms with Gasteiger partial charge in [0.05, 0.1) is 47.5 Å². The van der Waals surface area contributed by atoms with Crippen molar-refractivity contribution in [3.8, 4) is 40.0 Å². The van der Waals surface area contributed by atoms with Gasteiger partial charge in [-0.3, -0.25) is 14.5 Å². The third kappa shape index (κ3) is 7.27. The summed E-state index contributed by atoms with van der Waals surface area (Å²) in [6.45, 7) is 3.18. The van der Waals surface area contributed by atoms with E-state index in [4.69, 9.17) is 10.5 Å². The van der Waals surface area contributed by atoms with Crippen LogP contribution < -0.4 is 21.1 Å². The molecule has 0 spiro atoms. The number of carbonyl (C=O) groups is 2. The van der Waals surface area contributed by atoms with E-state index in [9.17, 15) is 32.3 Å². The van der Waals surface area contributed by atoms with Crippen molar-refractivity contribution in [3.63, 3.8) is 0 Å². The molecule has 0 aliphatic carbocycles. The summed E-state index contributed by atoms with van der Waals surface area (Å²) in [5.41, 5.74) is 10.3. The molecule has 2 aromatic carbocycles. The lowest BCUT2D eigenvalue weighted by atomic mass is 9.96. The van der Waals surface area contributed by atoms with Crippen molar-refractivity contribution in [2.24, 2.45) is 7.05 Å². The van der Waals surface area contributed by atoms with E-state index < -0.39 is 30.4 Å². The maximum atomic E-state index is 13.3. The van der Waals surface area contributed by atoms with Gasteiger partial charge < -0.3 is 30.8 Å². The number of nitrogens with one attached hydrogen (secondary N) is 2. The number of anilines is 2. The van der Waals surface area contributed by atoms with Crippen LogP contribution in [-0.2, 0) is 11.8 Å². The summed E-state index contributed by atoms with van der Waals surface area (Å²) >= 11 is 0. The van der Waals surface area contributed by atoms with Crippen molar-refractivity contribution < 1.29 is 37.0 Å². The van der Waals surface area contributed by atoms with E-state index in [0.29, 0.717) is 64.0 Å². The number of nitrogen functional groups attached to an aromatic ring is 1. The number of benzene rings is 2. The highest BCUT2D eigenvalue weighted by atomic mass is 19.4. The van der Waals surface area contributed by atoms with Gasteiger partial charge in [-0.15, -0.1) is 0 Å². The molecule has 5 N–H and O–H groups in total. The molecule has 10 nitrogen and oxygen atoms in total. The Labute approximate surface area is 273 Å². The molecule has 3 heterocycles. The van der Waals surface area contributed by atoms with E-state index in [1.165, 1.54) is 19.2 Å². The highest BCUT2D eigenvalue weighted by molar-refractivity contribution is 6.11. The van der Waals surface area contributed by atoms with E-state index >= 15 is 0 Å². The van der Waals surface area contributed by atoms with Gasteiger partial charge in [-0.05, 0) is 41.8 Å². The summed E-state index contributed by atoms with van der Waals surface area (Å²) in [5.74, 6) is 3.44. The average Bonchev–Trinajstić information content (AvgIpc) is 3.61. The minimum Gasteiger partial charge on any atom is -0.496 e. The van der Waals surface area contributed by atoms with Crippen molar-refractivity contribution in [1.29, 1.82) is 0 Å². The summed E-state index contributed by atoms with van der Waals surface area (Å²) in [4.78, 5) is 31.0. The zero-order valence-corrected chi connectivity index (χ0v) is 26.0. The van der Waals surface area contributed by atoms with Gasteiger partial charge in [-0.1, -0.05) is 36.6 Å². The summed E-state index contributed by atoms with van der Waals surface area (Å²) < 4.78 is 59.0. The molecule has 48 heavy (non-hydrogen) atoms. The number of fused-ring (bicyclic) bond motifs is 1. The number of hydrogen-bond donors (Lipinski definition) is 4. The molecule has 5 rings (SSSR count). The number of alkyl halides is 3. The molecule has 4 aromatic rings. The van der Waals surface area contributed by atoms with Crippen LogP contribution in [0, 0.1) is 11.8 Å². The summed E-state index contributed by atoms with van der Waals surface area (Å²) in [6.07, 6.45) is -2.74. The first-order valence-corrected chi connectivity index (χ1v) is 14.7. The van der Waals surface area contributed by atoms with Gasteiger partial charge in [0.25, 0.3) is 11.8 Å². The average molecular weight is 665 g/mol. The van der Waals surface area contributed by atoms with Gasteiger partial charge in [-0.25, -0.2) is 9.37 Å². The molecule has 0 unspecified atom stereocenters. The lowest BCUT2D eigenvalue weighted by Crippen LogP contribution is -2.33. The van der Waals surface area contributed by atoms with Crippen LogP contribution in [0.3, 0.4) is 0 Å². The standard InChI is InChI=1S/C34H32F4N6O4/c1-19(35)32(46)42-23-9-6-20(7-10-23)29-27(21-8-11-25(26(15-21)48-3)33(47)41-18-34(36,37)38)28-30(43(29)2)22(16-40-31(28)39)5-4-13-44-14-12-24(45)17-44/h6-11,15-16,24,45H,1,12-14,17-18H2,2-3H3,(H2,39,40)(H,41,47)(H,42,46)/t24-/m0/s1. The van der Waals surface area contributed by atoms with Gasteiger partial charge in [0.1, 0.15) is 18.1 Å². The molecule has 1 fully saturated rings. The molecule has 0 bridgehead atoms. The van der Waals surface area contributed by atoms with Gasteiger partial charge in [0.2, 0.25) is 0 Å². The van der Waals surface area contributed by atoms with E-state index in [1.54, 1.807) is 36.5 Å². The Balaban J connectivity index is 1.66. The number of pyridine rings is 1. The van der Waals surface area contributed by atoms with E-state index in [0.717, 1.165) is 6.54 Å². The molecule has 1 atom stereocenters. The first-order chi connectivity index (χ1) is 22.8. The molecule has 1 aliphatic heterocycles. The quantitative estimate of drug-likeness (QED) is 0.123. The van der Waals surface area contributed by atoms with Gasteiger partial charge in [0, 0.05) is 37.6 Å². The predicted octanol–water partition coefficient (Wildman–Crippen LogP) is 4.63. The van der Waals surface area contributed by atoms with Crippen LogP contribution >= 0.6 is 0 Å². The van der Waals surface area contributed by atoms with Crippen molar-refractivity contribution in [3.05, 3.63) is 72.2 Å². The second kappa shape index (κ2) is 13.8. The fourth-order valence-electron chi connectivity index (χ4n) is 5.64. The Morgan fingerprint density at radius 2 is 1.90 bits per heavy atom. The van der Waals surface area contributed by atoms with E-state index in [1.807, 2.05) is 21.8 Å². The smallest absolute Gasteiger partial charge is 0.405 e. The van der Waals surface area contributed by atoms with Gasteiger partial charge in [0.15, 0.2) is 5.83 Å². The number of aliphatic hydroxyl groups is 1. The fourth-order valence-corrected chi connectivity index (χ4v) is 5.64.